The van der Waals surface area contributed by atoms with Gasteiger partial charge >= 0.3 is 5.97 Å². The van der Waals surface area contributed by atoms with Crippen molar-refractivity contribution in [3.05, 3.63) is 30.0 Å². The molecule has 1 N–H and O–H groups in total. The van der Waals surface area contributed by atoms with Crippen LogP contribution in [0.4, 0.5) is 0 Å². The minimum absolute atomic E-state index is 0.353. The van der Waals surface area contributed by atoms with Crippen molar-refractivity contribution < 1.29 is 9.90 Å². The number of carboxylic acid groups (broad SMARTS) is 1. The van der Waals surface area contributed by atoms with E-state index in [0.717, 1.165) is 23.1 Å². The van der Waals surface area contributed by atoms with Crippen LogP contribution in [0.5, 0.6) is 0 Å². The quantitative estimate of drug-likeness (QED) is 0.882. The molecule has 1 unspecified atom stereocenters. The zero-order valence-electron chi connectivity index (χ0n) is 10.8. The van der Waals surface area contributed by atoms with E-state index in [2.05, 4.69) is 5.10 Å². The third-order valence-corrected chi connectivity index (χ3v) is 3.32. The fraction of sp³-hybridized carbons (Fsp3) is 0.429. The SMILES string of the molecule is CCC(Cc1nn(CC)c2ccccc12)C(=O)O. The Morgan fingerprint density at radius 2 is 2.11 bits per heavy atom. The first-order valence-corrected chi connectivity index (χ1v) is 6.34. The second-order valence-electron chi connectivity index (χ2n) is 4.43. The first-order chi connectivity index (χ1) is 8.67. The molecule has 1 aromatic carbocycles. The first kappa shape index (κ1) is 12.6. The lowest BCUT2D eigenvalue weighted by Gasteiger charge is -2.07. The number of carboxylic acids is 1. The van der Waals surface area contributed by atoms with Crippen molar-refractivity contribution in [3.8, 4) is 0 Å². The minimum atomic E-state index is -0.743. The van der Waals surface area contributed by atoms with E-state index >= 15 is 0 Å². The molecule has 1 aromatic heterocycles. The molecule has 0 bridgehead atoms. The molecule has 0 saturated heterocycles. The molecule has 0 aliphatic rings. The van der Waals surface area contributed by atoms with Crippen LogP contribution in [0.25, 0.3) is 10.9 Å². The fourth-order valence-electron chi connectivity index (χ4n) is 2.23. The molecule has 1 atom stereocenters. The van der Waals surface area contributed by atoms with E-state index in [1.807, 2.05) is 42.8 Å². The van der Waals surface area contributed by atoms with E-state index in [-0.39, 0.29) is 5.92 Å². The molecule has 4 nitrogen and oxygen atoms in total. The molecule has 0 radical (unpaired) electrons. The number of aryl methyl sites for hydroxylation is 1. The second-order valence-corrected chi connectivity index (χ2v) is 4.43. The molecule has 0 aliphatic heterocycles. The number of aromatic nitrogens is 2. The Balaban J connectivity index is 2.42. The summed E-state index contributed by atoms with van der Waals surface area (Å²) in [4.78, 5) is 11.1. The maximum absolute atomic E-state index is 11.1. The molecular formula is C14H18N2O2. The van der Waals surface area contributed by atoms with Crippen molar-refractivity contribution in [2.24, 2.45) is 5.92 Å². The Bertz CT molecular complexity index is 560. The first-order valence-electron chi connectivity index (χ1n) is 6.34. The second kappa shape index (κ2) is 5.21. The molecular weight excluding hydrogens is 228 g/mol. The van der Waals surface area contributed by atoms with Gasteiger partial charge in [0, 0.05) is 18.4 Å². The van der Waals surface area contributed by atoms with E-state index < -0.39 is 5.97 Å². The van der Waals surface area contributed by atoms with Crippen LogP contribution in [0.2, 0.25) is 0 Å². The zero-order chi connectivity index (χ0) is 13.1. The Morgan fingerprint density at radius 1 is 1.39 bits per heavy atom. The summed E-state index contributed by atoms with van der Waals surface area (Å²) in [5.74, 6) is -1.10. The summed E-state index contributed by atoms with van der Waals surface area (Å²) >= 11 is 0. The summed E-state index contributed by atoms with van der Waals surface area (Å²) in [6.45, 7) is 4.74. The number of hydrogen-bond donors (Lipinski definition) is 1. The lowest BCUT2D eigenvalue weighted by Crippen LogP contribution is -2.15. The van der Waals surface area contributed by atoms with E-state index in [9.17, 15) is 4.79 Å². The third kappa shape index (κ3) is 2.23. The molecule has 0 aliphatic carbocycles. The van der Waals surface area contributed by atoms with Crippen LogP contribution in [-0.4, -0.2) is 20.9 Å². The molecule has 2 rings (SSSR count). The topological polar surface area (TPSA) is 55.1 Å². The lowest BCUT2D eigenvalue weighted by molar-refractivity contribution is -0.141. The lowest BCUT2D eigenvalue weighted by atomic mass is 9.99. The van der Waals surface area contributed by atoms with Gasteiger partial charge in [0.2, 0.25) is 0 Å². The Labute approximate surface area is 106 Å². The van der Waals surface area contributed by atoms with Crippen LogP contribution >= 0.6 is 0 Å². The number of para-hydroxylation sites is 1. The van der Waals surface area contributed by atoms with Crippen LogP contribution in [0, 0.1) is 5.92 Å². The predicted molar refractivity (Wildman–Crippen MR) is 70.5 cm³/mol. The summed E-state index contributed by atoms with van der Waals surface area (Å²) in [6.07, 6.45) is 1.13. The number of nitrogens with zero attached hydrogens (tertiary/aromatic N) is 2. The monoisotopic (exact) mass is 246 g/mol. The third-order valence-electron chi connectivity index (χ3n) is 3.32. The summed E-state index contributed by atoms with van der Waals surface area (Å²) in [5, 5.41) is 14.7. The number of hydrogen-bond acceptors (Lipinski definition) is 2. The summed E-state index contributed by atoms with van der Waals surface area (Å²) in [6, 6.07) is 7.99. The molecule has 18 heavy (non-hydrogen) atoms. The van der Waals surface area contributed by atoms with E-state index in [0.29, 0.717) is 12.8 Å². The highest BCUT2D eigenvalue weighted by atomic mass is 16.4. The van der Waals surface area contributed by atoms with Gasteiger partial charge < -0.3 is 5.11 Å². The minimum Gasteiger partial charge on any atom is -0.481 e. The highest BCUT2D eigenvalue weighted by Crippen LogP contribution is 2.22. The van der Waals surface area contributed by atoms with Gasteiger partial charge in [-0.05, 0) is 19.4 Å². The molecule has 0 fully saturated rings. The molecule has 2 aromatic rings. The van der Waals surface area contributed by atoms with Gasteiger partial charge in [-0.2, -0.15) is 5.10 Å². The normalized spacial score (nSPS) is 12.8. The number of rotatable bonds is 5. The molecule has 0 spiro atoms. The summed E-state index contributed by atoms with van der Waals surface area (Å²) < 4.78 is 1.93. The van der Waals surface area contributed by atoms with Gasteiger partial charge in [0.15, 0.2) is 0 Å². The van der Waals surface area contributed by atoms with Gasteiger partial charge in [-0.3, -0.25) is 9.48 Å². The Morgan fingerprint density at radius 3 is 2.72 bits per heavy atom. The van der Waals surface area contributed by atoms with Gasteiger partial charge in [0.05, 0.1) is 17.1 Å². The van der Waals surface area contributed by atoms with Gasteiger partial charge in [-0.1, -0.05) is 25.1 Å². The van der Waals surface area contributed by atoms with Crippen molar-refractivity contribution in [2.45, 2.75) is 33.2 Å². The highest BCUT2D eigenvalue weighted by molar-refractivity contribution is 5.82. The zero-order valence-corrected chi connectivity index (χ0v) is 10.8. The Kier molecular flexibility index (Phi) is 3.65. The highest BCUT2D eigenvalue weighted by Gasteiger charge is 2.19. The van der Waals surface area contributed by atoms with Crippen molar-refractivity contribution in [3.63, 3.8) is 0 Å². The summed E-state index contributed by atoms with van der Waals surface area (Å²) in [5.41, 5.74) is 1.97. The molecule has 96 valence electrons. The van der Waals surface area contributed by atoms with Crippen LogP contribution in [0.1, 0.15) is 26.0 Å². The van der Waals surface area contributed by atoms with E-state index in [1.165, 1.54) is 0 Å². The molecule has 0 saturated carbocycles. The Hall–Kier alpha value is -1.84. The van der Waals surface area contributed by atoms with Gasteiger partial charge in [-0.25, -0.2) is 0 Å². The number of fused-ring (bicyclic) bond motifs is 1. The standard InChI is InChI=1S/C14H18N2O2/c1-3-10(14(17)18)9-12-11-7-5-6-8-13(11)16(4-2)15-12/h5-8,10H,3-4,9H2,1-2H3,(H,17,18). The predicted octanol–water partition coefficient (Wildman–Crippen LogP) is 2.71. The number of carbonyl (C=O) groups is 1. The smallest absolute Gasteiger partial charge is 0.306 e. The van der Waals surface area contributed by atoms with Crippen LogP contribution < -0.4 is 0 Å². The molecule has 1 heterocycles. The van der Waals surface area contributed by atoms with Gasteiger partial charge in [-0.15, -0.1) is 0 Å². The maximum atomic E-state index is 11.1. The van der Waals surface area contributed by atoms with Crippen molar-refractivity contribution >= 4 is 16.9 Å². The largest absolute Gasteiger partial charge is 0.481 e. The van der Waals surface area contributed by atoms with Crippen molar-refractivity contribution in [1.82, 2.24) is 9.78 Å². The van der Waals surface area contributed by atoms with Crippen molar-refractivity contribution in [2.75, 3.05) is 0 Å². The average Bonchev–Trinajstić information content (AvgIpc) is 2.74. The molecule has 4 heteroatoms. The fourth-order valence-corrected chi connectivity index (χ4v) is 2.23. The summed E-state index contributed by atoms with van der Waals surface area (Å²) in [7, 11) is 0. The number of benzene rings is 1. The van der Waals surface area contributed by atoms with Crippen LogP contribution in [0.15, 0.2) is 24.3 Å². The van der Waals surface area contributed by atoms with Crippen LogP contribution in [0.3, 0.4) is 0 Å². The van der Waals surface area contributed by atoms with E-state index in [4.69, 9.17) is 5.11 Å². The number of aliphatic carboxylic acids is 1. The van der Waals surface area contributed by atoms with Gasteiger partial charge in [0.1, 0.15) is 0 Å². The van der Waals surface area contributed by atoms with Crippen molar-refractivity contribution in [1.29, 1.82) is 0 Å². The van der Waals surface area contributed by atoms with Crippen LogP contribution in [-0.2, 0) is 17.8 Å². The molecule has 0 amide bonds. The maximum Gasteiger partial charge on any atom is 0.306 e. The van der Waals surface area contributed by atoms with Gasteiger partial charge in [0.25, 0.3) is 0 Å². The average molecular weight is 246 g/mol. The van der Waals surface area contributed by atoms with E-state index in [1.54, 1.807) is 0 Å².